The number of guanidine groups is 1. The molecule has 3 rings (SSSR count). The normalized spacial score (nSPS) is 18.5. The second-order valence-corrected chi connectivity index (χ2v) is 5.98. The van der Waals surface area contributed by atoms with Gasteiger partial charge in [0.25, 0.3) is 0 Å². The first kappa shape index (κ1) is 15.0. The highest BCUT2D eigenvalue weighted by Gasteiger charge is 2.19. The Balaban J connectivity index is 1.70. The summed E-state index contributed by atoms with van der Waals surface area (Å²) in [4.78, 5) is 6.60. The van der Waals surface area contributed by atoms with Crippen LogP contribution < -0.4 is 14.8 Å². The zero-order chi connectivity index (χ0) is 15.4. The van der Waals surface area contributed by atoms with Crippen molar-refractivity contribution in [3.05, 3.63) is 23.8 Å². The molecule has 1 N–H and O–H groups in total. The number of nitrogens with zero attached hydrogens (tertiary/aromatic N) is 2. The second kappa shape index (κ2) is 6.90. The number of methoxy groups -OCH3 is 1. The summed E-state index contributed by atoms with van der Waals surface area (Å²) in [6, 6.07) is 6.06. The molecule has 1 aliphatic heterocycles. The smallest absolute Gasteiger partial charge is 0.194 e. The molecule has 0 bridgehead atoms. The first-order valence-corrected chi connectivity index (χ1v) is 8.09. The average molecular weight is 303 g/mol. The van der Waals surface area contributed by atoms with E-state index in [-0.39, 0.29) is 0 Å². The van der Waals surface area contributed by atoms with E-state index in [4.69, 9.17) is 9.47 Å². The standard InChI is InChI=1S/C17H25N3O2/c1-20-10-9-18-17(20)19-12-13-7-8-15(21-2)11-16(13)22-14-5-3-4-6-14/h7-8,11,14H,3-6,9-10,12H2,1-2H3,(H,18,19). The molecule has 1 aromatic rings. The largest absolute Gasteiger partial charge is 0.497 e. The molecule has 1 aliphatic carbocycles. The van der Waals surface area contributed by atoms with Gasteiger partial charge in [0.05, 0.1) is 19.8 Å². The fourth-order valence-electron chi connectivity index (χ4n) is 3.00. The van der Waals surface area contributed by atoms with Crippen LogP contribution in [0.15, 0.2) is 23.2 Å². The van der Waals surface area contributed by atoms with Crippen molar-refractivity contribution in [1.29, 1.82) is 0 Å². The zero-order valence-corrected chi connectivity index (χ0v) is 13.5. The Bertz CT molecular complexity index is 539. The van der Waals surface area contributed by atoms with Gasteiger partial charge in [-0.05, 0) is 37.8 Å². The van der Waals surface area contributed by atoms with Crippen molar-refractivity contribution >= 4 is 5.96 Å². The molecule has 5 heteroatoms. The Kier molecular flexibility index (Phi) is 4.71. The molecule has 0 radical (unpaired) electrons. The van der Waals surface area contributed by atoms with Crippen LogP contribution in [0.5, 0.6) is 11.5 Å². The van der Waals surface area contributed by atoms with Gasteiger partial charge in [0.2, 0.25) is 0 Å². The predicted molar refractivity (Wildman–Crippen MR) is 87.6 cm³/mol. The molecular weight excluding hydrogens is 278 g/mol. The molecule has 1 aromatic carbocycles. The summed E-state index contributed by atoms with van der Waals surface area (Å²) >= 11 is 0. The van der Waals surface area contributed by atoms with Gasteiger partial charge in [0.15, 0.2) is 5.96 Å². The molecule has 0 amide bonds. The molecule has 0 spiro atoms. The minimum atomic E-state index is 0.345. The Hall–Kier alpha value is -1.91. The van der Waals surface area contributed by atoms with Gasteiger partial charge >= 0.3 is 0 Å². The Morgan fingerprint density at radius 3 is 2.82 bits per heavy atom. The second-order valence-electron chi connectivity index (χ2n) is 5.98. The van der Waals surface area contributed by atoms with Crippen molar-refractivity contribution in [3.8, 4) is 11.5 Å². The van der Waals surface area contributed by atoms with Crippen molar-refractivity contribution < 1.29 is 9.47 Å². The minimum Gasteiger partial charge on any atom is -0.497 e. The van der Waals surface area contributed by atoms with Gasteiger partial charge in [0.1, 0.15) is 11.5 Å². The van der Waals surface area contributed by atoms with E-state index in [2.05, 4.69) is 28.3 Å². The summed E-state index contributed by atoms with van der Waals surface area (Å²) in [6.45, 7) is 2.57. The van der Waals surface area contributed by atoms with E-state index in [1.165, 1.54) is 12.8 Å². The molecule has 0 aromatic heterocycles. The van der Waals surface area contributed by atoms with E-state index in [1.54, 1.807) is 7.11 Å². The molecule has 5 nitrogen and oxygen atoms in total. The van der Waals surface area contributed by atoms with Crippen LogP contribution in [0.1, 0.15) is 31.2 Å². The molecule has 1 fully saturated rings. The zero-order valence-electron chi connectivity index (χ0n) is 13.5. The lowest BCUT2D eigenvalue weighted by molar-refractivity contribution is 0.207. The van der Waals surface area contributed by atoms with Gasteiger partial charge in [-0.1, -0.05) is 0 Å². The van der Waals surface area contributed by atoms with Gasteiger partial charge in [-0.25, -0.2) is 0 Å². The highest BCUT2D eigenvalue weighted by Crippen LogP contribution is 2.30. The molecule has 0 atom stereocenters. The fraction of sp³-hybridized carbons (Fsp3) is 0.588. The van der Waals surface area contributed by atoms with E-state index in [1.807, 2.05) is 12.1 Å². The van der Waals surface area contributed by atoms with Gasteiger partial charge in [-0.2, -0.15) is 0 Å². The van der Waals surface area contributed by atoms with Crippen LogP contribution >= 0.6 is 0 Å². The average Bonchev–Trinajstić information content (AvgIpc) is 3.18. The summed E-state index contributed by atoms with van der Waals surface area (Å²) < 4.78 is 11.6. The number of aliphatic imine (C=N–C) groups is 1. The third-order valence-electron chi connectivity index (χ3n) is 4.37. The van der Waals surface area contributed by atoms with Crippen molar-refractivity contribution in [2.45, 2.75) is 38.3 Å². The maximum absolute atomic E-state index is 6.22. The first-order valence-electron chi connectivity index (χ1n) is 8.09. The lowest BCUT2D eigenvalue weighted by Gasteiger charge is -2.19. The number of likely N-dealkylation sites (N-methyl/N-ethyl adjacent to an activating group) is 1. The van der Waals surface area contributed by atoms with Crippen LogP contribution in [0.2, 0.25) is 0 Å². The van der Waals surface area contributed by atoms with Gasteiger partial charge in [-0.15, -0.1) is 0 Å². The van der Waals surface area contributed by atoms with Crippen LogP contribution in [0, 0.1) is 0 Å². The molecule has 0 unspecified atom stereocenters. The van der Waals surface area contributed by atoms with Crippen molar-refractivity contribution in [1.82, 2.24) is 10.2 Å². The van der Waals surface area contributed by atoms with Crippen LogP contribution in [-0.4, -0.2) is 44.2 Å². The highest BCUT2D eigenvalue weighted by atomic mass is 16.5. The van der Waals surface area contributed by atoms with Crippen LogP contribution in [0.25, 0.3) is 0 Å². The Morgan fingerprint density at radius 1 is 1.32 bits per heavy atom. The van der Waals surface area contributed by atoms with Gasteiger partial charge in [0, 0.05) is 31.8 Å². The Labute approximate surface area is 132 Å². The van der Waals surface area contributed by atoms with E-state index in [9.17, 15) is 0 Å². The SMILES string of the molecule is COc1ccc(CNC2=NCCN2C)c(OC2CCCC2)c1. The molecule has 22 heavy (non-hydrogen) atoms. The molecule has 0 saturated heterocycles. The number of rotatable bonds is 5. The summed E-state index contributed by atoms with van der Waals surface area (Å²) in [5.74, 6) is 2.73. The van der Waals surface area contributed by atoms with E-state index < -0.39 is 0 Å². The van der Waals surface area contributed by atoms with Crippen molar-refractivity contribution in [2.75, 3.05) is 27.2 Å². The molecule has 1 saturated carbocycles. The summed E-state index contributed by atoms with van der Waals surface area (Å²) in [7, 11) is 3.75. The number of benzene rings is 1. The number of hydrogen-bond acceptors (Lipinski definition) is 5. The molecule has 1 heterocycles. The quantitative estimate of drug-likeness (QED) is 0.907. The Morgan fingerprint density at radius 2 is 2.14 bits per heavy atom. The fourth-order valence-corrected chi connectivity index (χ4v) is 3.00. The maximum Gasteiger partial charge on any atom is 0.194 e. The summed E-state index contributed by atoms with van der Waals surface area (Å²) in [6.07, 6.45) is 5.18. The van der Waals surface area contributed by atoms with Crippen molar-refractivity contribution in [2.24, 2.45) is 4.99 Å². The number of hydrogen-bond donors (Lipinski definition) is 1. The number of ether oxygens (including phenoxy) is 2. The van der Waals surface area contributed by atoms with Gasteiger partial charge < -0.3 is 19.7 Å². The van der Waals surface area contributed by atoms with Crippen LogP contribution in [0.4, 0.5) is 0 Å². The maximum atomic E-state index is 6.22. The topological polar surface area (TPSA) is 46.1 Å². The van der Waals surface area contributed by atoms with E-state index in [0.29, 0.717) is 6.10 Å². The monoisotopic (exact) mass is 303 g/mol. The van der Waals surface area contributed by atoms with Crippen LogP contribution in [-0.2, 0) is 6.54 Å². The third kappa shape index (κ3) is 3.46. The molecular formula is C17H25N3O2. The van der Waals surface area contributed by atoms with Crippen molar-refractivity contribution in [3.63, 3.8) is 0 Å². The third-order valence-corrected chi connectivity index (χ3v) is 4.37. The molecule has 120 valence electrons. The van der Waals surface area contributed by atoms with E-state index >= 15 is 0 Å². The molecule has 2 aliphatic rings. The summed E-state index contributed by atoms with van der Waals surface area (Å²) in [5.41, 5.74) is 1.15. The van der Waals surface area contributed by atoms with Gasteiger partial charge in [-0.3, -0.25) is 4.99 Å². The predicted octanol–water partition coefficient (Wildman–Crippen LogP) is 2.41. The van der Waals surface area contributed by atoms with Crippen LogP contribution in [0.3, 0.4) is 0 Å². The lowest BCUT2D eigenvalue weighted by Crippen LogP contribution is -2.35. The highest BCUT2D eigenvalue weighted by molar-refractivity contribution is 5.81. The van der Waals surface area contributed by atoms with E-state index in [0.717, 1.165) is 55.5 Å². The number of nitrogens with one attached hydrogen (secondary N) is 1. The first-order chi connectivity index (χ1) is 10.8. The lowest BCUT2D eigenvalue weighted by atomic mass is 10.2. The summed E-state index contributed by atoms with van der Waals surface area (Å²) in [5, 5.41) is 3.41. The minimum absolute atomic E-state index is 0.345.